The van der Waals surface area contributed by atoms with Gasteiger partial charge in [-0.1, -0.05) is 12.1 Å². The monoisotopic (exact) mass is 392 g/mol. The van der Waals surface area contributed by atoms with Crippen molar-refractivity contribution in [3.8, 4) is 28.8 Å². The maximum atomic E-state index is 10.9. The van der Waals surface area contributed by atoms with Gasteiger partial charge in [-0.3, -0.25) is 10.1 Å². The number of non-ortho nitro benzene ring substituents is 1. The van der Waals surface area contributed by atoms with Crippen LogP contribution >= 0.6 is 11.3 Å². The van der Waals surface area contributed by atoms with Crippen LogP contribution in [0.1, 0.15) is 5.01 Å². The predicted octanol–water partition coefficient (Wildman–Crippen LogP) is 4.42. The molecule has 0 saturated heterocycles. The fourth-order valence-corrected chi connectivity index (χ4v) is 3.39. The van der Waals surface area contributed by atoms with E-state index < -0.39 is 4.92 Å². The van der Waals surface area contributed by atoms with Crippen molar-refractivity contribution in [1.82, 2.24) is 4.98 Å². The highest BCUT2D eigenvalue weighted by Gasteiger charge is 2.14. The third kappa shape index (κ3) is 3.49. The minimum atomic E-state index is -0.452. The summed E-state index contributed by atoms with van der Waals surface area (Å²) in [6, 6.07) is 13.7. The standard InChI is InChI=1S/C19H12N4O4S/c20-8-13(9-21-14-4-5-17-18(7-14)27-11-26-17)19-22-16(10-28-19)12-2-1-3-15(6-12)23(24)25/h1-7,9-10,21H,11H2/b13-9+. The number of thiazole rings is 1. The van der Waals surface area contributed by atoms with Gasteiger partial charge < -0.3 is 14.8 Å². The van der Waals surface area contributed by atoms with Crippen molar-refractivity contribution >= 4 is 28.3 Å². The summed E-state index contributed by atoms with van der Waals surface area (Å²) in [7, 11) is 0. The summed E-state index contributed by atoms with van der Waals surface area (Å²) in [5.74, 6) is 1.32. The van der Waals surface area contributed by atoms with E-state index in [1.807, 2.05) is 6.07 Å². The summed E-state index contributed by atoms with van der Waals surface area (Å²) >= 11 is 1.29. The lowest BCUT2D eigenvalue weighted by Crippen LogP contribution is -1.93. The van der Waals surface area contributed by atoms with E-state index in [1.165, 1.54) is 23.5 Å². The Morgan fingerprint density at radius 3 is 2.96 bits per heavy atom. The number of nitro benzene ring substituents is 1. The van der Waals surface area contributed by atoms with Crippen molar-refractivity contribution in [2.24, 2.45) is 0 Å². The van der Waals surface area contributed by atoms with Crippen LogP contribution in [0.2, 0.25) is 0 Å². The van der Waals surface area contributed by atoms with E-state index in [4.69, 9.17) is 9.47 Å². The van der Waals surface area contributed by atoms with Crippen LogP contribution in [0.4, 0.5) is 11.4 Å². The van der Waals surface area contributed by atoms with Crippen LogP contribution in [0.3, 0.4) is 0 Å². The molecular weight excluding hydrogens is 380 g/mol. The highest BCUT2D eigenvalue weighted by Crippen LogP contribution is 2.34. The first kappa shape index (κ1) is 17.5. The molecule has 0 saturated carbocycles. The van der Waals surface area contributed by atoms with Gasteiger partial charge in [0.2, 0.25) is 6.79 Å². The van der Waals surface area contributed by atoms with Gasteiger partial charge in [0.05, 0.1) is 10.6 Å². The number of nitriles is 1. The lowest BCUT2D eigenvalue weighted by molar-refractivity contribution is -0.384. The average Bonchev–Trinajstić information content (AvgIpc) is 3.38. The SMILES string of the molecule is N#C/C(=C\Nc1ccc2c(c1)OCO2)c1nc(-c2cccc([N+](=O)[O-])c2)cs1. The Bertz CT molecular complexity index is 1130. The molecule has 0 aliphatic carbocycles. The van der Waals surface area contributed by atoms with Crippen LogP contribution < -0.4 is 14.8 Å². The molecule has 0 fully saturated rings. The summed E-state index contributed by atoms with van der Waals surface area (Å²) in [6.07, 6.45) is 1.56. The van der Waals surface area contributed by atoms with Crippen LogP contribution in [0.25, 0.3) is 16.8 Å². The van der Waals surface area contributed by atoms with Crippen molar-refractivity contribution in [2.75, 3.05) is 12.1 Å². The fraction of sp³-hybridized carbons (Fsp3) is 0.0526. The molecule has 9 heteroatoms. The topological polar surface area (TPSA) is 110 Å². The van der Waals surface area contributed by atoms with Gasteiger partial charge in [0, 0.05) is 41.0 Å². The fourth-order valence-electron chi connectivity index (χ4n) is 2.59. The smallest absolute Gasteiger partial charge is 0.270 e. The van der Waals surface area contributed by atoms with E-state index in [0.717, 1.165) is 5.69 Å². The average molecular weight is 392 g/mol. The van der Waals surface area contributed by atoms with E-state index in [0.29, 0.717) is 33.3 Å². The Morgan fingerprint density at radius 2 is 2.14 bits per heavy atom. The largest absolute Gasteiger partial charge is 0.454 e. The van der Waals surface area contributed by atoms with Crippen LogP contribution in [0.5, 0.6) is 11.5 Å². The number of nitrogens with zero attached hydrogens (tertiary/aromatic N) is 3. The molecule has 0 radical (unpaired) electrons. The number of fused-ring (bicyclic) bond motifs is 1. The number of nitro groups is 1. The molecule has 138 valence electrons. The minimum absolute atomic E-state index is 0.00688. The molecule has 0 amide bonds. The van der Waals surface area contributed by atoms with Gasteiger partial charge >= 0.3 is 0 Å². The number of benzene rings is 2. The molecule has 3 aromatic rings. The Morgan fingerprint density at radius 1 is 1.29 bits per heavy atom. The molecule has 0 spiro atoms. The predicted molar refractivity (Wildman–Crippen MR) is 104 cm³/mol. The molecular formula is C19H12N4O4S. The first-order valence-corrected chi connectivity index (χ1v) is 8.99. The van der Waals surface area contributed by atoms with E-state index in [2.05, 4.69) is 16.4 Å². The Hall–Kier alpha value is -3.90. The van der Waals surface area contributed by atoms with Crippen LogP contribution in [-0.4, -0.2) is 16.7 Å². The van der Waals surface area contributed by atoms with Gasteiger partial charge in [-0.15, -0.1) is 11.3 Å². The number of nitrogens with one attached hydrogen (secondary N) is 1. The molecule has 28 heavy (non-hydrogen) atoms. The van der Waals surface area contributed by atoms with Crippen LogP contribution in [-0.2, 0) is 0 Å². The molecule has 0 unspecified atom stereocenters. The van der Waals surface area contributed by atoms with E-state index in [-0.39, 0.29) is 12.5 Å². The second kappa shape index (κ2) is 7.38. The first-order chi connectivity index (χ1) is 13.6. The summed E-state index contributed by atoms with van der Waals surface area (Å²) in [4.78, 5) is 14.9. The molecule has 0 bridgehead atoms. The van der Waals surface area contributed by atoms with Crippen molar-refractivity contribution < 1.29 is 14.4 Å². The number of hydrogen-bond donors (Lipinski definition) is 1. The van der Waals surface area contributed by atoms with E-state index in [9.17, 15) is 15.4 Å². The number of aromatic nitrogens is 1. The second-order valence-corrected chi connectivity index (χ2v) is 6.59. The maximum absolute atomic E-state index is 10.9. The van der Waals surface area contributed by atoms with E-state index in [1.54, 1.807) is 35.8 Å². The van der Waals surface area contributed by atoms with Crippen molar-refractivity contribution in [3.05, 3.63) is 69.2 Å². The van der Waals surface area contributed by atoms with Gasteiger partial charge in [0.1, 0.15) is 16.6 Å². The van der Waals surface area contributed by atoms with Crippen LogP contribution in [0.15, 0.2) is 54.0 Å². The second-order valence-electron chi connectivity index (χ2n) is 5.73. The Labute approximate surface area is 163 Å². The zero-order chi connectivity index (χ0) is 19.5. The highest BCUT2D eigenvalue weighted by atomic mass is 32.1. The van der Waals surface area contributed by atoms with Gasteiger partial charge in [-0.25, -0.2) is 4.98 Å². The summed E-state index contributed by atoms with van der Waals surface area (Å²) < 4.78 is 10.6. The maximum Gasteiger partial charge on any atom is 0.270 e. The molecule has 0 atom stereocenters. The first-order valence-electron chi connectivity index (χ1n) is 8.11. The number of ether oxygens (including phenoxy) is 2. The molecule has 1 aromatic heterocycles. The summed E-state index contributed by atoms with van der Waals surface area (Å²) in [6.45, 7) is 0.192. The van der Waals surface area contributed by atoms with Crippen LogP contribution in [0, 0.1) is 21.4 Å². The quantitative estimate of drug-likeness (QED) is 0.389. The molecule has 2 aromatic carbocycles. The summed E-state index contributed by atoms with van der Waals surface area (Å²) in [5, 5.41) is 25.8. The number of rotatable bonds is 5. The van der Waals surface area contributed by atoms with Crippen molar-refractivity contribution in [2.45, 2.75) is 0 Å². The normalized spacial score (nSPS) is 12.5. The third-order valence-corrected chi connectivity index (χ3v) is 4.84. The Balaban J connectivity index is 1.56. The van der Waals surface area contributed by atoms with Crippen molar-refractivity contribution in [1.29, 1.82) is 5.26 Å². The zero-order valence-corrected chi connectivity index (χ0v) is 15.1. The summed E-state index contributed by atoms with van der Waals surface area (Å²) in [5.41, 5.74) is 2.28. The highest BCUT2D eigenvalue weighted by molar-refractivity contribution is 7.11. The Kier molecular flexibility index (Phi) is 4.62. The lowest BCUT2D eigenvalue weighted by Gasteiger charge is -2.03. The molecule has 1 N–H and O–H groups in total. The zero-order valence-electron chi connectivity index (χ0n) is 14.3. The van der Waals surface area contributed by atoms with Gasteiger partial charge in [0.25, 0.3) is 5.69 Å². The molecule has 8 nitrogen and oxygen atoms in total. The number of anilines is 1. The van der Waals surface area contributed by atoms with Gasteiger partial charge in [-0.05, 0) is 12.1 Å². The molecule has 1 aliphatic heterocycles. The molecule has 1 aliphatic rings. The lowest BCUT2D eigenvalue weighted by atomic mass is 10.1. The van der Waals surface area contributed by atoms with Gasteiger partial charge in [-0.2, -0.15) is 5.26 Å². The molecule has 4 rings (SSSR count). The number of allylic oxidation sites excluding steroid dienone is 1. The number of hydrogen-bond acceptors (Lipinski definition) is 8. The van der Waals surface area contributed by atoms with Crippen molar-refractivity contribution in [3.63, 3.8) is 0 Å². The minimum Gasteiger partial charge on any atom is -0.454 e. The third-order valence-electron chi connectivity index (χ3n) is 3.96. The van der Waals surface area contributed by atoms with Gasteiger partial charge in [0.15, 0.2) is 11.5 Å². The van der Waals surface area contributed by atoms with E-state index >= 15 is 0 Å². The molecule has 2 heterocycles.